The molecule has 1 heterocycles. The molecule has 0 fully saturated rings. The molecule has 1 rings (SSSR count). The zero-order valence-electron chi connectivity index (χ0n) is 15.4. The summed E-state index contributed by atoms with van der Waals surface area (Å²) in [6.07, 6.45) is 10.8. The van der Waals surface area contributed by atoms with Gasteiger partial charge < -0.3 is 14.2 Å². The lowest BCUT2D eigenvalue weighted by Gasteiger charge is -2.19. The van der Waals surface area contributed by atoms with E-state index in [2.05, 4.69) is 6.92 Å². The second-order valence-corrected chi connectivity index (χ2v) is 6.28. The molecule has 2 unspecified atom stereocenters. The number of methoxy groups -OCH3 is 1. The molecule has 0 bridgehead atoms. The zero-order valence-corrected chi connectivity index (χ0v) is 15.4. The Hall–Kier alpha value is -1.03. The zero-order chi connectivity index (χ0) is 17.1. The predicted octanol–water partition coefficient (Wildman–Crippen LogP) is 4.97. The summed E-state index contributed by atoms with van der Waals surface area (Å²) in [5.41, 5.74) is 0.668. The van der Waals surface area contributed by atoms with Gasteiger partial charge in [-0.25, -0.2) is 4.79 Å². The van der Waals surface area contributed by atoms with Crippen molar-refractivity contribution in [3.8, 4) is 0 Å². The van der Waals surface area contributed by atoms with Gasteiger partial charge in [-0.1, -0.05) is 58.3 Å². The minimum Gasteiger partial charge on any atom is -0.468 e. The Morgan fingerprint density at radius 2 is 1.65 bits per heavy atom. The Balaban J connectivity index is 2.37. The molecular weight excluding hydrogens is 292 g/mol. The second kappa shape index (κ2) is 11.5. The number of hydrogen-bond donors (Lipinski definition) is 0. The van der Waals surface area contributed by atoms with E-state index in [-0.39, 0.29) is 18.2 Å². The molecule has 0 amide bonds. The Morgan fingerprint density at radius 1 is 1.04 bits per heavy atom. The average molecular weight is 326 g/mol. The fourth-order valence-corrected chi connectivity index (χ4v) is 3.21. The molecule has 1 aliphatic rings. The Labute approximate surface area is 141 Å². The van der Waals surface area contributed by atoms with Crippen LogP contribution in [0.2, 0.25) is 0 Å². The van der Waals surface area contributed by atoms with E-state index in [1.807, 2.05) is 13.8 Å². The lowest BCUT2D eigenvalue weighted by Crippen LogP contribution is -2.24. The van der Waals surface area contributed by atoms with Crippen LogP contribution in [-0.2, 0) is 19.0 Å². The molecule has 4 heteroatoms. The number of rotatable bonds is 12. The molecule has 0 aromatic carbocycles. The van der Waals surface area contributed by atoms with Crippen molar-refractivity contribution in [1.29, 1.82) is 0 Å². The van der Waals surface area contributed by atoms with E-state index in [1.165, 1.54) is 44.9 Å². The topological polar surface area (TPSA) is 44.8 Å². The van der Waals surface area contributed by atoms with Crippen molar-refractivity contribution >= 4 is 5.97 Å². The fourth-order valence-electron chi connectivity index (χ4n) is 3.21. The number of carbonyl (C=O) groups is 1. The van der Waals surface area contributed by atoms with Gasteiger partial charge in [0.2, 0.25) is 6.29 Å². The molecule has 2 atom stereocenters. The number of carbonyl (C=O) groups excluding carboxylic acids is 1. The Morgan fingerprint density at radius 3 is 2.22 bits per heavy atom. The van der Waals surface area contributed by atoms with Crippen molar-refractivity contribution in [1.82, 2.24) is 0 Å². The molecule has 23 heavy (non-hydrogen) atoms. The van der Waals surface area contributed by atoms with Gasteiger partial charge in [-0.15, -0.1) is 0 Å². The average Bonchev–Trinajstić information content (AvgIpc) is 2.86. The molecule has 134 valence electrons. The normalized spacial score (nSPS) is 20.7. The van der Waals surface area contributed by atoms with Crippen LogP contribution in [0.4, 0.5) is 0 Å². The van der Waals surface area contributed by atoms with Crippen LogP contribution >= 0.6 is 0 Å². The maximum Gasteiger partial charge on any atom is 0.337 e. The molecule has 0 spiro atoms. The van der Waals surface area contributed by atoms with Crippen LogP contribution in [0.1, 0.15) is 78.6 Å². The molecule has 0 aromatic heterocycles. The van der Waals surface area contributed by atoms with Gasteiger partial charge in [-0.2, -0.15) is 0 Å². The first-order chi connectivity index (χ1) is 11.2. The van der Waals surface area contributed by atoms with Gasteiger partial charge in [0.1, 0.15) is 5.76 Å². The third-order valence-corrected chi connectivity index (χ3v) is 4.47. The van der Waals surface area contributed by atoms with Crippen LogP contribution < -0.4 is 0 Å². The minimum atomic E-state index is -0.348. The van der Waals surface area contributed by atoms with Crippen LogP contribution in [0.15, 0.2) is 11.3 Å². The van der Waals surface area contributed by atoms with Gasteiger partial charge in [0.05, 0.1) is 18.1 Å². The number of unbranched alkanes of at least 4 members (excludes halogenated alkanes) is 7. The molecule has 0 aromatic rings. The van der Waals surface area contributed by atoms with E-state index >= 15 is 0 Å². The third-order valence-electron chi connectivity index (χ3n) is 4.47. The molecule has 0 saturated heterocycles. The summed E-state index contributed by atoms with van der Waals surface area (Å²) >= 11 is 0. The first kappa shape index (κ1) is 20.0. The van der Waals surface area contributed by atoms with Crippen molar-refractivity contribution in [3.05, 3.63) is 11.3 Å². The lowest BCUT2D eigenvalue weighted by atomic mass is 9.92. The molecule has 0 radical (unpaired) electrons. The highest BCUT2D eigenvalue weighted by molar-refractivity contribution is 5.90. The van der Waals surface area contributed by atoms with E-state index in [1.54, 1.807) is 7.11 Å². The van der Waals surface area contributed by atoms with Gasteiger partial charge in [-0.05, 0) is 20.3 Å². The van der Waals surface area contributed by atoms with Crippen molar-refractivity contribution in [2.75, 3.05) is 13.7 Å². The van der Waals surface area contributed by atoms with Crippen LogP contribution in [0.5, 0.6) is 0 Å². The number of hydrogen-bond acceptors (Lipinski definition) is 4. The summed E-state index contributed by atoms with van der Waals surface area (Å²) in [7, 11) is 1.63. The second-order valence-electron chi connectivity index (χ2n) is 6.28. The van der Waals surface area contributed by atoms with Gasteiger partial charge in [0.25, 0.3) is 0 Å². The molecule has 4 nitrogen and oxygen atoms in total. The smallest absolute Gasteiger partial charge is 0.337 e. The monoisotopic (exact) mass is 326 g/mol. The van der Waals surface area contributed by atoms with Crippen LogP contribution in [0, 0.1) is 5.92 Å². The maximum atomic E-state index is 12.1. The van der Waals surface area contributed by atoms with Gasteiger partial charge in [0, 0.05) is 7.11 Å². The summed E-state index contributed by atoms with van der Waals surface area (Å²) in [6.45, 7) is 6.28. The SMILES string of the molecule is CCCCCCCCCCC1C(C(=O)OCC)=C(C)OC1OC. The summed E-state index contributed by atoms with van der Waals surface area (Å²) < 4.78 is 16.3. The van der Waals surface area contributed by atoms with E-state index in [9.17, 15) is 4.79 Å². The Kier molecular flexibility index (Phi) is 10.0. The molecule has 0 aliphatic carbocycles. The van der Waals surface area contributed by atoms with Crippen LogP contribution in [0.3, 0.4) is 0 Å². The van der Waals surface area contributed by atoms with Gasteiger partial charge in [-0.3, -0.25) is 0 Å². The highest BCUT2D eigenvalue weighted by Gasteiger charge is 2.39. The third kappa shape index (κ3) is 6.54. The van der Waals surface area contributed by atoms with Crippen molar-refractivity contribution in [3.63, 3.8) is 0 Å². The van der Waals surface area contributed by atoms with Crippen molar-refractivity contribution < 1.29 is 19.0 Å². The number of allylic oxidation sites excluding steroid dienone is 1. The highest BCUT2D eigenvalue weighted by Crippen LogP contribution is 2.36. The van der Waals surface area contributed by atoms with Crippen molar-refractivity contribution in [2.45, 2.75) is 84.8 Å². The largest absolute Gasteiger partial charge is 0.468 e. The summed E-state index contributed by atoms with van der Waals surface area (Å²) in [5.74, 6) is 0.396. The summed E-state index contributed by atoms with van der Waals surface area (Å²) in [5, 5.41) is 0. The van der Waals surface area contributed by atoms with Gasteiger partial charge >= 0.3 is 5.97 Å². The first-order valence-electron chi connectivity index (χ1n) is 9.23. The van der Waals surface area contributed by atoms with Crippen LogP contribution in [-0.4, -0.2) is 26.0 Å². The molecular formula is C19H34O4. The van der Waals surface area contributed by atoms with E-state index in [0.29, 0.717) is 17.9 Å². The number of esters is 1. The number of ether oxygens (including phenoxy) is 3. The molecule has 0 saturated carbocycles. The molecule has 1 aliphatic heterocycles. The fraction of sp³-hybridized carbons (Fsp3) is 0.842. The van der Waals surface area contributed by atoms with E-state index < -0.39 is 0 Å². The summed E-state index contributed by atoms with van der Waals surface area (Å²) in [4.78, 5) is 12.1. The van der Waals surface area contributed by atoms with Crippen LogP contribution in [0.25, 0.3) is 0 Å². The quantitative estimate of drug-likeness (QED) is 0.375. The van der Waals surface area contributed by atoms with Crippen molar-refractivity contribution in [2.24, 2.45) is 5.92 Å². The Bertz CT molecular complexity index is 376. The predicted molar refractivity (Wildman–Crippen MR) is 91.9 cm³/mol. The van der Waals surface area contributed by atoms with E-state index in [0.717, 1.165) is 12.8 Å². The van der Waals surface area contributed by atoms with E-state index in [4.69, 9.17) is 14.2 Å². The maximum absolute atomic E-state index is 12.1. The standard InChI is InChI=1S/C19H34O4/c1-5-7-8-9-10-11-12-13-14-16-17(18(20)22-6-2)15(3)23-19(16)21-4/h16,19H,5-14H2,1-4H3. The first-order valence-corrected chi connectivity index (χ1v) is 9.23. The molecule has 0 N–H and O–H groups in total. The summed E-state index contributed by atoms with van der Waals surface area (Å²) in [6, 6.07) is 0. The highest BCUT2D eigenvalue weighted by atomic mass is 16.7. The van der Waals surface area contributed by atoms with Gasteiger partial charge in [0.15, 0.2) is 0 Å². The minimum absolute atomic E-state index is 0.000795. The lowest BCUT2D eigenvalue weighted by molar-refractivity contribution is -0.140.